The summed E-state index contributed by atoms with van der Waals surface area (Å²) in [6.07, 6.45) is 4.61. The Morgan fingerprint density at radius 3 is 2.92 bits per heavy atom. The number of hydrogen-bond donors (Lipinski definition) is 2. The van der Waals surface area contributed by atoms with E-state index in [-0.39, 0.29) is 17.5 Å². The van der Waals surface area contributed by atoms with Crippen LogP contribution in [0.1, 0.15) is 36.1 Å². The zero-order valence-electron chi connectivity index (χ0n) is 14.0. The lowest BCUT2D eigenvalue weighted by atomic mass is 9.98. The molecule has 0 radical (unpaired) electrons. The maximum Gasteiger partial charge on any atom is 0.244 e. The van der Waals surface area contributed by atoms with Crippen LogP contribution in [0.3, 0.4) is 0 Å². The van der Waals surface area contributed by atoms with Crippen molar-refractivity contribution in [1.29, 1.82) is 0 Å². The number of hydrogen-bond acceptors (Lipinski definition) is 2. The second kappa shape index (κ2) is 7.47. The smallest absolute Gasteiger partial charge is 0.244 e. The third-order valence-electron chi connectivity index (χ3n) is 4.30. The summed E-state index contributed by atoms with van der Waals surface area (Å²) in [4.78, 5) is 12.1. The molecule has 0 bridgehead atoms. The van der Waals surface area contributed by atoms with Gasteiger partial charge in [0.2, 0.25) is 5.91 Å². The molecule has 1 unspecified atom stereocenters. The molecule has 1 amide bonds. The van der Waals surface area contributed by atoms with E-state index in [4.69, 9.17) is 0 Å². The second-order valence-electron chi connectivity index (χ2n) is 6.18. The van der Waals surface area contributed by atoms with Gasteiger partial charge in [0.25, 0.3) is 0 Å². The molecule has 0 saturated carbocycles. The van der Waals surface area contributed by atoms with Crippen LogP contribution in [0.5, 0.6) is 0 Å². The summed E-state index contributed by atoms with van der Waals surface area (Å²) in [7, 11) is 0. The fourth-order valence-electron chi connectivity index (χ4n) is 2.92. The number of fused-ring (bicyclic) bond motifs is 1. The summed E-state index contributed by atoms with van der Waals surface area (Å²) in [5.41, 5.74) is 3.46. The van der Waals surface area contributed by atoms with Crippen molar-refractivity contribution in [2.75, 3.05) is 11.9 Å². The van der Waals surface area contributed by atoms with Crippen molar-refractivity contribution in [1.82, 2.24) is 5.32 Å². The third-order valence-corrected chi connectivity index (χ3v) is 4.30. The van der Waals surface area contributed by atoms with E-state index >= 15 is 0 Å². The summed E-state index contributed by atoms with van der Waals surface area (Å²) in [6, 6.07) is 9.07. The predicted molar refractivity (Wildman–Crippen MR) is 95.2 cm³/mol. The van der Waals surface area contributed by atoms with E-state index in [0.29, 0.717) is 0 Å². The molecule has 3 rings (SSSR count). The molecule has 1 heterocycles. The van der Waals surface area contributed by atoms with Gasteiger partial charge in [-0.1, -0.05) is 12.1 Å². The Kier molecular flexibility index (Phi) is 5.12. The number of nitrogens with one attached hydrogen (secondary N) is 2. The molecule has 2 N–H and O–H groups in total. The van der Waals surface area contributed by atoms with Crippen molar-refractivity contribution in [3.8, 4) is 0 Å². The van der Waals surface area contributed by atoms with Crippen LogP contribution >= 0.6 is 0 Å². The molecule has 0 saturated heterocycles. The van der Waals surface area contributed by atoms with Gasteiger partial charge in [-0.05, 0) is 61.2 Å². The number of carbonyl (C=O) groups is 1. The van der Waals surface area contributed by atoms with Crippen molar-refractivity contribution >= 4 is 17.7 Å². The van der Waals surface area contributed by atoms with Crippen molar-refractivity contribution in [3.05, 3.63) is 70.8 Å². The molecule has 2 aromatic carbocycles. The Morgan fingerprint density at radius 1 is 1.24 bits per heavy atom. The van der Waals surface area contributed by atoms with Gasteiger partial charge in [0.15, 0.2) is 0 Å². The van der Waals surface area contributed by atoms with Gasteiger partial charge in [0, 0.05) is 23.9 Å². The fraction of sp³-hybridized carbons (Fsp3) is 0.250. The number of rotatable bonds is 4. The van der Waals surface area contributed by atoms with Crippen LogP contribution in [0.15, 0.2) is 42.5 Å². The van der Waals surface area contributed by atoms with Crippen LogP contribution in [0.4, 0.5) is 14.5 Å². The molecule has 0 aliphatic carbocycles. The second-order valence-corrected chi connectivity index (χ2v) is 6.18. The Balaban J connectivity index is 1.66. The number of carbonyl (C=O) groups excluding carboxylic acids is 1. The first kappa shape index (κ1) is 17.1. The highest BCUT2D eigenvalue weighted by Gasteiger charge is 2.13. The molecule has 2 aromatic rings. The first-order valence-corrected chi connectivity index (χ1v) is 8.33. The zero-order valence-corrected chi connectivity index (χ0v) is 14.0. The highest BCUT2D eigenvalue weighted by Crippen LogP contribution is 2.25. The summed E-state index contributed by atoms with van der Waals surface area (Å²) in [5.74, 6) is -1.47. The van der Waals surface area contributed by atoms with E-state index in [9.17, 15) is 13.6 Å². The lowest BCUT2D eigenvalue weighted by molar-refractivity contribution is -0.117. The van der Waals surface area contributed by atoms with Gasteiger partial charge >= 0.3 is 0 Å². The standard InChI is InChI=1S/C20H20F2N2O/c1-13(14-4-8-19-16(11-14)3-2-10-23-19)24-20(25)9-5-15-12-17(21)6-7-18(15)22/h4-9,11-13,23H,2-3,10H2,1H3,(H,24,25)/b9-5+. The van der Waals surface area contributed by atoms with Crippen LogP contribution in [0.25, 0.3) is 6.08 Å². The van der Waals surface area contributed by atoms with E-state index in [2.05, 4.69) is 16.7 Å². The molecule has 25 heavy (non-hydrogen) atoms. The Bertz CT molecular complexity index is 817. The molecular weight excluding hydrogens is 322 g/mol. The van der Waals surface area contributed by atoms with Gasteiger partial charge in [0.1, 0.15) is 11.6 Å². The SMILES string of the molecule is CC(NC(=O)/C=C/c1cc(F)ccc1F)c1ccc2c(c1)CCCN2. The van der Waals surface area contributed by atoms with E-state index in [1.165, 1.54) is 17.7 Å². The van der Waals surface area contributed by atoms with E-state index in [1.54, 1.807) is 0 Å². The average molecular weight is 342 g/mol. The molecule has 0 aromatic heterocycles. The summed E-state index contributed by atoms with van der Waals surface area (Å²) < 4.78 is 26.7. The minimum absolute atomic E-state index is 0.0441. The molecule has 1 aliphatic rings. The van der Waals surface area contributed by atoms with Crippen LogP contribution < -0.4 is 10.6 Å². The highest BCUT2D eigenvalue weighted by atomic mass is 19.1. The topological polar surface area (TPSA) is 41.1 Å². The van der Waals surface area contributed by atoms with Crippen molar-refractivity contribution in [2.24, 2.45) is 0 Å². The monoisotopic (exact) mass is 342 g/mol. The molecule has 3 nitrogen and oxygen atoms in total. The number of halogens is 2. The number of anilines is 1. The van der Waals surface area contributed by atoms with Crippen LogP contribution in [-0.4, -0.2) is 12.5 Å². The number of amides is 1. The molecule has 5 heteroatoms. The van der Waals surface area contributed by atoms with E-state index < -0.39 is 11.6 Å². The largest absolute Gasteiger partial charge is 0.385 e. The van der Waals surface area contributed by atoms with Crippen molar-refractivity contribution in [3.63, 3.8) is 0 Å². The van der Waals surface area contributed by atoms with Gasteiger partial charge in [-0.15, -0.1) is 0 Å². The van der Waals surface area contributed by atoms with Crippen LogP contribution in [0.2, 0.25) is 0 Å². The lowest BCUT2D eigenvalue weighted by Crippen LogP contribution is -2.25. The predicted octanol–water partition coefficient (Wildman–Crippen LogP) is 4.21. The van der Waals surface area contributed by atoms with Gasteiger partial charge < -0.3 is 10.6 Å². The molecule has 130 valence electrons. The van der Waals surface area contributed by atoms with Gasteiger partial charge in [-0.25, -0.2) is 8.78 Å². The maximum atomic E-state index is 13.6. The van der Waals surface area contributed by atoms with Crippen LogP contribution in [0, 0.1) is 11.6 Å². The Labute approximate surface area is 145 Å². The molecule has 0 fully saturated rings. The van der Waals surface area contributed by atoms with Gasteiger partial charge in [0.05, 0.1) is 6.04 Å². The van der Waals surface area contributed by atoms with E-state index in [0.717, 1.165) is 48.8 Å². The van der Waals surface area contributed by atoms with Crippen molar-refractivity contribution in [2.45, 2.75) is 25.8 Å². The lowest BCUT2D eigenvalue weighted by Gasteiger charge is -2.21. The van der Waals surface area contributed by atoms with Crippen LogP contribution in [-0.2, 0) is 11.2 Å². The Hall–Kier alpha value is -2.69. The average Bonchev–Trinajstić information content (AvgIpc) is 2.62. The van der Waals surface area contributed by atoms with Gasteiger partial charge in [-0.2, -0.15) is 0 Å². The maximum absolute atomic E-state index is 13.6. The quantitative estimate of drug-likeness (QED) is 0.817. The molecule has 1 atom stereocenters. The zero-order chi connectivity index (χ0) is 17.8. The minimum Gasteiger partial charge on any atom is -0.385 e. The molecular formula is C20H20F2N2O. The summed E-state index contributed by atoms with van der Waals surface area (Å²) in [6.45, 7) is 2.88. The van der Waals surface area contributed by atoms with E-state index in [1.807, 2.05) is 19.1 Å². The first-order valence-electron chi connectivity index (χ1n) is 8.33. The Morgan fingerprint density at radius 2 is 2.08 bits per heavy atom. The third kappa shape index (κ3) is 4.24. The summed E-state index contributed by atoms with van der Waals surface area (Å²) >= 11 is 0. The highest BCUT2D eigenvalue weighted by molar-refractivity contribution is 5.92. The molecule has 0 spiro atoms. The minimum atomic E-state index is -0.569. The number of benzene rings is 2. The first-order chi connectivity index (χ1) is 12.0. The van der Waals surface area contributed by atoms with Crippen molar-refractivity contribution < 1.29 is 13.6 Å². The number of aryl methyl sites for hydroxylation is 1. The summed E-state index contributed by atoms with van der Waals surface area (Å²) in [5, 5.41) is 6.20. The normalized spacial score (nSPS) is 14.7. The molecule has 1 aliphatic heterocycles. The van der Waals surface area contributed by atoms with Gasteiger partial charge in [-0.3, -0.25) is 4.79 Å². The fourth-order valence-corrected chi connectivity index (χ4v) is 2.92.